The molecule has 0 atom stereocenters. The minimum Gasteiger partial charge on any atom is -0.463 e. The lowest BCUT2D eigenvalue weighted by Crippen LogP contribution is -2.24. The summed E-state index contributed by atoms with van der Waals surface area (Å²) in [5, 5.41) is 3.56. The summed E-state index contributed by atoms with van der Waals surface area (Å²) in [4.78, 5) is 12.2. The molecule has 0 unspecified atom stereocenters. The van der Waals surface area contributed by atoms with Crippen molar-refractivity contribution in [2.45, 2.75) is 6.54 Å². The van der Waals surface area contributed by atoms with E-state index in [1.807, 2.05) is 29.8 Å². The van der Waals surface area contributed by atoms with E-state index >= 15 is 0 Å². The normalized spacial score (nSPS) is 10.9. The summed E-state index contributed by atoms with van der Waals surface area (Å²) in [6.07, 6.45) is 1.61. The number of halogens is 1. The molecule has 0 fully saturated rings. The fraction of sp³-hybridized carbons (Fsp3) is 0.133. The van der Waals surface area contributed by atoms with E-state index in [2.05, 4.69) is 5.32 Å². The Hall–Kier alpha value is -2.20. The lowest BCUT2D eigenvalue weighted by atomic mass is 10.2. The van der Waals surface area contributed by atoms with Crippen molar-refractivity contribution in [2.24, 2.45) is 7.05 Å². The highest BCUT2D eigenvalue weighted by Crippen LogP contribution is 2.19. The number of carbonyl (C=O) groups is 1. The number of fused-ring (bicyclic) bond motifs is 1. The van der Waals surface area contributed by atoms with Crippen LogP contribution >= 0.6 is 11.6 Å². The summed E-state index contributed by atoms with van der Waals surface area (Å²) < 4.78 is 7.11. The lowest BCUT2D eigenvalue weighted by molar-refractivity contribution is 0.0943. The van der Waals surface area contributed by atoms with Gasteiger partial charge < -0.3 is 14.3 Å². The molecule has 2 heterocycles. The Balaban J connectivity index is 1.74. The average Bonchev–Trinajstić information content (AvgIpc) is 3.01. The second kappa shape index (κ2) is 5.06. The number of amides is 1. The summed E-state index contributed by atoms with van der Waals surface area (Å²) in [6, 6.07) is 11.0. The van der Waals surface area contributed by atoms with Gasteiger partial charge in [-0.15, -0.1) is 0 Å². The highest BCUT2D eigenvalue weighted by molar-refractivity contribution is 6.30. The minimum absolute atomic E-state index is 0.131. The van der Waals surface area contributed by atoms with Crippen LogP contribution in [-0.2, 0) is 13.6 Å². The van der Waals surface area contributed by atoms with Crippen LogP contribution in [0.2, 0.25) is 5.02 Å². The van der Waals surface area contributed by atoms with E-state index in [-0.39, 0.29) is 5.91 Å². The van der Waals surface area contributed by atoms with Crippen molar-refractivity contribution in [3.63, 3.8) is 0 Å². The molecule has 0 spiro atoms. The molecule has 2 aromatic heterocycles. The van der Waals surface area contributed by atoms with Gasteiger partial charge in [-0.1, -0.05) is 23.7 Å². The van der Waals surface area contributed by atoms with E-state index in [0.717, 1.165) is 11.1 Å². The Morgan fingerprint density at radius 3 is 2.75 bits per heavy atom. The molecule has 4 nitrogen and oxygen atoms in total. The molecule has 0 aliphatic rings. The Morgan fingerprint density at radius 2 is 2.05 bits per heavy atom. The van der Waals surface area contributed by atoms with E-state index in [9.17, 15) is 4.79 Å². The third kappa shape index (κ3) is 2.30. The van der Waals surface area contributed by atoms with Crippen molar-refractivity contribution >= 4 is 28.6 Å². The van der Waals surface area contributed by atoms with E-state index in [0.29, 0.717) is 22.8 Å². The molecule has 3 rings (SSSR count). The second-order valence-corrected chi connectivity index (χ2v) is 5.00. The summed E-state index contributed by atoms with van der Waals surface area (Å²) >= 11 is 5.82. The van der Waals surface area contributed by atoms with Crippen LogP contribution in [0.4, 0.5) is 0 Å². The van der Waals surface area contributed by atoms with E-state index in [1.165, 1.54) is 0 Å². The first-order valence-electron chi connectivity index (χ1n) is 6.21. The molecule has 102 valence electrons. The zero-order chi connectivity index (χ0) is 14.1. The maximum absolute atomic E-state index is 12.2. The van der Waals surface area contributed by atoms with Gasteiger partial charge >= 0.3 is 0 Å². The van der Waals surface area contributed by atoms with E-state index < -0.39 is 0 Å². The van der Waals surface area contributed by atoms with Gasteiger partial charge in [0.15, 0.2) is 5.58 Å². The molecular weight excluding hydrogens is 276 g/mol. The van der Waals surface area contributed by atoms with Gasteiger partial charge in [-0.3, -0.25) is 4.79 Å². The van der Waals surface area contributed by atoms with Crippen LogP contribution in [0, 0.1) is 0 Å². The number of rotatable bonds is 3. The summed E-state index contributed by atoms with van der Waals surface area (Å²) in [5.74, 6) is -0.131. The van der Waals surface area contributed by atoms with Gasteiger partial charge in [0.25, 0.3) is 5.91 Å². The topological polar surface area (TPSA) is 47.2 Å². The van der Waals surface area contributed by atoms with Gasteiger partial charge in [-0.05, 0) is 17.7 Å². The fourth-order valence-electron chi connectivity index (χ4n) is 2.14. The number of carbonyl (C=O) groups excluding carboxylic acids is 1. The number of benzene rings is 1. The summed E-state index contributed by atoms with van der Waals surface area (Å²) in [5.41, 5.74) is 3.19. The van der Waals surface area contributed by atoms with Crippen LogP contribution in [0.3, 0.4) is 0 Å². The molecule has 20 heavy (non-hydrogen) atoms. The highest BCUT2D eigenvalue weighted by atomic mass is 35.5. The molecule has 1 N–H and O–H groups in total. The van der Waals surface area contributed by atoms with E-state index in [1.54, 1.807) is 24.5 Å². The van der Waals surface area contributed by atoms with Crippen LogP contribution in [0.25, 0.3) is 11.1 Å². The zero-order valence-corrected chi connectivity index (χ0v) is 11.6. The van der Waals surface area contributed by atoms with Crippen molar-refractivity contribution in [3.8, 4) is 0 Å². The fourth-order valence-corrected chi connectivity index (χ4v) is 2.27. The highest BCUT2D eigenvalue weighted by Gasteiger charge is 2.14. The second-order valence-electron chi connectivity index (χ2n) is 4.57. The van der Waals surface area contributed by atoms with Gasteiger partial charge in [-0.25, -0.2) is 0 Å². The first-order chi connectivity index (χ1) is 9.65. The number of nitrogens with zero attached hydrogens (tertiary/aromatic N) is 1. The maximum Gasteiger partial charge on any atom is 0.268 e. The first kappa shape index (κ1) is 12.8. The van der Waals surface area contributed by atoms with E-state index in [4.69, 9.17) is 16.0 Å². The molecule has 0 radical (unpaired) electrons. The molecule has 0 saturated carbocycles. The number of nitrogens with one attached hydrogen (secondary N) is 1. The number of hydrogen-bond acceptors (Lipinski definition) is 2. The van der Waals surface area contributed by atoms with Crippen molar-refractivity contribution in [1.29, 1.82) is 0 Å². The Bertz CT molecular complexity index is 756. The van der Waals surface area contributed by atoms with Crippen LogP contribution in [0.15, 0.2) is 47.1 Å². The lowest BCUT2D eigenvalue weighted by Gasteiger charge is -2.06. The minimum atomic E-state index is -0.131. The monoisotopic (exact) mass is 288 g/mol. The predicted molar refractivity (Wildman–Crippen MR) is 77.8 cm³/mol. The molecule has 1 amide bonds. The van der Waals surface area contributed by atoms with Crippen LogP contribution in [0.5, 0.6) is 0 Å². The van der Waals surface area contributed by atoms with Crippen LogP contribution in [-0.4, -0.2) is 10.5 Å². The average molecular weight is 289 g/mol. The molecular formula is C15H13ClN2O2. The quantitative estimate of drug-likeness (QED) is 0.803. The van der Waals surface area contributed by atoms with Crippen LogP contribution < -0.4 is 5.32 Å². The standard InChI is InChI=1S/C15H13ClN2O2/c1-18-12-6-7-20-14(12)8-13(18)15(19)17-9-10-2-4-11(16)5-3-10/h2-8H,9H2,1H3,(H,17,19). The van der Waals surface area contributed by atoms with Gasteiger partial charge in [0.05, 0.1) is 11.8 Å². The largest absolute Gasteiger partial charge is 0.463 e. The Morgan fingerprint density at radius 1 is 1.30 bits per heavy atom. The third-order valence-corrected chi connectivity index (χ3v) is 3.51. The first-order valence-corrected chi connectivity index (χ1v) is 6.58. The smallest absolute Gasteiger partial charge is 0.268 e. The van der Waals surface area contributed by atoms with Crippen LogP contribution in [0.1, 0.15) is 16.1 Å². The number of aryl methyl sites for hydroxylation is 1. The molecule has 5 heteroatoms. The summed E-state index contributed by atoms with van der Waals surface area (Å²) in [7, 11) is 1.84. The molecule has 0 bridgehead atoms. The molecule has 0 aliphatic carbocycles. The number of furan rings is 1. The van der Waals surface area contributed by atoms with Gasteiger partial charge in [-0.2, -0.15) is 0 Å². The SMILES string of the molecule is Cn1c(C(=O)NCc2ccc(Cl)cc2)cc2occc21. The van der Waals surface area contributed by atoms with Gasteiger partial charge in [0.1, 0.15) is 5.69 Å². The van der Waals surface area contributed by atoms with Crippen molar-refractivity contribution in [2.75, 3.05) is 0 Å². The molecule has 3 aromatic rings. The zero-order valence-electron chi connectivity index (χ0n) is 10.9. The third-order valence-electron chi connectivity index (χ3n) is 3.26. The van der Waals surface area contributed by atoms with Crippen molar-refractivity contribution < 1.29 is 9.21 Å². The summed E-state index contributed by atoms with van der Waals surface area (Å²) in [6.45, 7) is 0.461. The predicted octanol–water partition coefficient (Wildman–Crippen LogP) is 3.35. The maximum atomic E-state index is 12.2. The van der Waals surface area contributed by atoms with Gasteiger partial charge in [0, 0.05) is 30.7 Å². The van der Waals surface area contributed by atoms with Crippen molar-refractivity contribution in [3.05, 3.63) is 58.9 Å². The Kier molecular flexibility index (Phi) is 3.24. The Labute approximate surface area is 120 Å². The number of hydrogen-bond donors (Lipinski definition) is 1. The number of aromatic nitrogens is 1. The van der Waals surface area contributed by atoms with Gasteiger partial charge in [0.2, 0.25) is 0 Å². The molecule has 0 aliphatic heterocycles. The van der Waals surface area contributed by atoms with Crippen molar-refractivity contribution in [1.82, 2.24) is 9.88 Å². The molecule has 1 aromatic carbocycles. The molecule has 0 saturated heterocycles.